The molecule has 0 aromatic heterocycles. The number of carbonyl (C=O) groups is 1. The van der Waals surface area contributed by atoms with Gasteiger partial charge in [0.2, 0.25) is 0 Å². The van der Waals surface area contributed by atoms with Gasteiger partial charge in [-0.15, -0.1) is 0 Å². The van der Waals surface area contributed by atoms with E-state index in [1.165, 1.54) is 26.4 Å². The highest BCUT2D eigenvalue weighted by Gasteiger charge is 2.39. The standard InChI is InChI=1S/C13H25NO2S/c1-10(2)7-8-17-9-13(3,12(15)16-4)14-11-5-6-11/h10-11,14H,5-9H2,1-4H3. The molecule has 1 saturated carbocycles. The largest absolute Gasteiger partial charge is 0.468 e. The SMILES string of the molecule is COC(=O)C(C)(CSCCC(C)C)NC1CC1. The van der Waals surface area contributed by atoms with Gasteiger partial charge in [-0.3, -0.25) is 10.1 Å². The Labute approximate surface area is 109 Å². The van der Waals surface area contributed by atoms with Crippen molar-refractivity contribution >= 4 is 17.7 Å². The van der Waals surface area contributed by atoms with E-state index in [-0.39, 0.29) is 5.97 Å². The van der Waals surface area contributed by atoms with Crippen LogP contribution in [0.4, 0.5) is 0 Å². The van der Waals surface area contributed by atoms with Crippen LogP contribution in [-0.4, -0.2) is 36.2 Å². The van der Waals surface area contributed by atoms with Crippen molar-refractivity contribution in [2.75, 3.05) is 18.6 Å². The zero-order valence-corrected chi connectivity index (χ0v) is 12.2. The van der Waals surface area contributed by atoms with Crippen molar-refractivity contribution in [3.63, 3.8) is 0 Å². The van der Waals surface area contributed by atoms with E-state index in [0.29, 0.717) is 6.04 Å². The summed E-state index contributed by atoms with van der Waals surface area (Å²) in [6.07, 6.45) is 3.57. The minimum atomic E-state index is -0.516. The molecule has 0 aromatic rings. The van der Waals surface area contributed by atoms with E-state index < -0.39 is 5.54 Å². The average Bonchev–Trinajstić information content (AvgIpc) is 3.06. The Balaban J connectivity index is 2.36. The minimum Gasteiger partial charge on any atom is -0.468 e. The summed E-state index contributed by atoms with van der Waals surface area (Å²) >= 11 is 1.84. The van der Waals surface area contributed by atoms with Gasteiger partial charge in [0.15, 0.2) is 0 Å². The molecule has 1 atom stereocenters. The van der Waals surface area contributed by atoms with Crippen molar-refractivity contribution in [3.05, 3.63) is 0 Å². The third kappa shape index (κ3) is 5.30. The first-order valence-electron chi connectivity index (χ1n) is 6.42. The second-order valence-electron chi connectivity index (χ2n) is 5.48. The Morgan fingerprint density at radius 2 is 2.18 bits per heavy atom. The van der Waals surface area contributed by atoms with Crippen LogP contribution in [0.5, 0.6) is 0 Å². The zero-order chi connectivity index (χ0) is 12.9. The molecular formula is C13H25NO2S. The van der Waals surface area contributed by atoms with Crippen molar-refractivity contribution in [1.29, 1.82) is 0 Å². The molecule has 0 heterocycles. The number of methoxy groups -OCH3 is 1. The number of ether oxygens (including phenoxy) is 1. The van der Waals surface area contributed by atoms with Gasteiger partial charge >= 0.3 is 5.97 Å². The maximum atomic E-state index is 11.8. The lowest BCUT2D eigenvalue weighted by Crippen LogP contribution is -2.53. The van der Waals surface area contributed by atoms with Gasteiger partial charge in [0, 0.05) is 11.8 Å². The maximum Gasteiger partial charge on any atom is 0.326 e. The number of hydrogen-bond donors (Lipinski definition) is 1. The topological polar surface area (TPSA) is 38.3 Å². The Morgan fingerprint density at radius 1 is 1.53 bits per heavy atom. The first kappa shape index (κ1) is 14.8. The summed E-state index contributed by atoms with van der Waals surface area (Å²) in [6, 6.07) is 0.518. The molecule has 1 fully saturated rings. The molecule has 4 heteroatoms. The molecule has 100 valence electrons. The molecule has 0 aliphatic heterocycles. The number of rotatable bonds is 8. The molecular weight excluding hydrogens is 234 g/mol. The summed E-state index contributed by atoms with van der Waals surface area (Å²) in [6.45, 7) is 6.41. The number of hydrogen-bond acceptors (Lipinski definition) is 4. The van der Waals surface area contributed by atoms with Crippen LogP contribution in [0.2, 0.25) is 0 Å². The van der Waals surface area contributed by atoms with E-state index in [1.807, 2.05) is 18.7 Å². The Kier molecular flexibility index (Phi) is 5.80. The molecule has 0 aromatic carbocycles. The van der Waals surface area contributed by atoms with E-state index in [1.54, 1.807) is 0 Å². The van der Waals surface area contributed by atoms with Crippen LogP contribution in [0, 0.1) is 5.92 Å². The molecule has 0 bridgehead atoms. The number of esters is 1. The predicted molar refractivity (Wildman–Crippen MR) is 73.4 cm³/mol. The van der Waals surface area contributed by atoms with Crippen molar-refractivity contribution < 1.29 is 9.53 Å². The van der Waals surface area contributed by atoms with Crippen LogP contribution in [0.25, 0.3) is 0 Å². The second kappa shape index (κ2) is 6.64. The van der Waals surface area contributed by atoms with Crippen molar-refractivity contribution in [3.8, 4) is 0 Å². The summed E-state index contributed by atoms with van der Waals surface area (Å²) in [7, 11) is 1.47. The molecule has 1 N–H and O–H groups in total. The van der Waals surface area contributed by atoms with E-state index in [0.717, 1.165) is 17.4 Å². The first-order chi connectivity index (χ1) is 7.98. The zero-order valence-electron chi connectivity index (χ0n) is 11.4. The van der Waals surface area contributed by atoms with Crippen molar-refractivity contribution in [1.82, 2.24) is 5.32 Å². The third-order valence-corrected chi connectivity index (χ3v) is 4.27. The van der Waals surface area contributed by atoms with Gasteiger partial charge < -0.3 is 4.74 Å². The third-order valence-electron chi connectivity index (χ3n) is 2.97. The fourth-order valence-corrected chi connectivity index (χ4v) is 3.05. The van der Waals surface area contributed by atoms with Gasteiger partial charge in [0.1, 0.15) is 5.54 Å². The van der Waals surface area contributed by atoms with E-state index in [9.17, 15) is 4.79 Å². The van der Waals surface area contributed by atoms with Crippen LogP contribution in [0.15, 0.2) is 0 Å². The Morgan fingerprint density at radius 3 is 2.65 bits per heavy atom. The number of nitrogens with one attached hydrogen (secondary N) is 1. The van der Waals surface area contributed by atoms with Gasteiger partial charge in [-0.1, -0.05) is 13.8 Å². The van der Waals surface area contributed by atoms with E-state index in [2.05, 4.69) is 19.2 Å². The first-order valence-corrected chi connectivity index (χ1v) is 7.57. The average molecular weight is 259 g/mol. The van der Waals surface area contributed by atoms with E-state index >= 15 is 0 Å². The molecule has 17 heavy (non-hydrogen) atoms. The number of thioether (sulfide) groups is 1. The molecule has 1 unspecified atom stereocenters. The number of carbonyl (C=O) groups excluding carboxylic acids is 1. The summed E-state index contributed by atoms with van der Waals surface area (Å²) < 4.78 is 4.91. The quantitative estimate of drug-likeness (QED) is 0.537. The van der Waals surface area contributed by atoms with Gasteiger partial charge in [-0.2, -0.15) is 11.8 Å². The summed E-state index contributed by atoms with van der Waals surface area (Å²) in [5.41, 5.74) is -0.516. The second-order valence-corrected chi connectivity index (χ2v) is 6.58. The molecule has 1 aliphatic carbocycles. The van der Waals surface area contributed by atoms with Crippen LogP contribution in [0.1, 0.15) is 40.0 Å². The van der Waals surface area contributed by atoms with Gasteiger partial charge in [-0.05, 0) is 37.9 Å². The normalized spacial score (nSPS) is 19.1. The predicted octanol–water partition coefficient (Wildman–Crippen LogP) is 2.45. The lowest BCUT2D eigenvalue weighted by atomic mass is 10.1. The van der Waals surface area contributed by atoms with Gasteiger partial charge in [-0.25, -0.2) is 0 Å². The molecule has 0 spiro atoms. The van der Waals surface area contributed by atoms with Crippen molar-refractivity contribution in [2.45, 2.75) is 51.6 Å². The van der Waals surface area contributed by atoms with Crippen LogP contribution >= 0.6 is 11.8 Å². The molecule has 0 amide bonds. The van der Waals surface area contributed by atoms with Gasteiger partial charge in [0.25, 0.3) is 0 Å². The van der Waals surface area contributed by atoms with Crippen LogP contribution in [-0.2, 0) is 9.53 Å². The fraction of sp³-hybridized carbons (Fsp3) is 0.923. The van der Waals surface area contributed by atoms with Crippen molar-refractivity contribution in [2.24, 2.45) is 5.92 Å². The lowest BCUT2D eigenvalue weighted by Gasteiger charge is -2.27. The summed E-state index contributed by atoms with van der Waals surface area (Å²) in [5, 5.41) is 3.41. The molecule has 0 saturated heterocycles. The molecule has 1 rings (SSSR count). The molecule has 1 aliphatic rings. The minimum absolute atomic E-state index is 0.138. The van der Waals surface area contributed by atoms with Crippen LogP contribution in [0.3, 0.4) is 0 Å². The van der Waals surface area contributed by atoms with Gasteiger partial charge in [0.05, 0.1) is 7.11 Å². The highest BCUT2D eigenvalue weighted by atomic mass is 32.2. The fourth-order valence-electron chi connectivity index (χ4n) is 1.66. The Hall–Kier alpha value is -0.220. The molecule has 3 nitrogen and oxygen atoms in total. The summed E-state index contributed by atoms with van der Waals surface area (Å²) in [5.74, 6) is 2.49. The highest BCUT2D eigenvalue weighted by molar-refractivity contribution is 7.99. The molecule has 0 radical (unpaired) electrons. The monoisotopic (exact) mass is 259 g/mol. The lowest BCUT2D eigenvalue weighted by molar-refractivity contribution is -0.146. The Bertz CT molecular complexity index is 254. The van der Waals surface area contributed by atoms with E-state index in [4.69, 9.17) is 4.74 Å². The smallest absolute Gasteiger partial charge is 0.326 e. The van der Waals surface area contributed by atoms with Crippen LogP contribution < -0.4 is 5.32 Å². The summed E-state index contributed by atoms with van der Waals surface area (Å²) in [4.78, 5) is 11.8. The highest BCUT2D eigenvalue weighted by Crippen LogP contribution is 2.25. The maximum absolute atomic E-state index is 11.8.